The monoisotopic (exact) mass is 260 g/mol. The number of carbonyl (C=O) groups is 2. The van der Waals surface area contributed by atoms with Crippen LogP contribution in [0.4, 0.5) is 0 Å². The summed E-state index contributed by atoms with van der Waals surface area (Å²) in [6, 6.07) is 0. The first-order chi connectivity index (χ1) is 8.17. The molecule has 0 heterocycles. The summed E-state index contributed by atoms with van der Waals surface area (Å²) in [7, 11) is 2.70. The third-order valence-electron chi connectivity index (χ3n) is 2.65. The van der Waals surface area contributed by atoms with Crippen LogP contribution in [-0.4, -0.2) is 50.3 Å². The summed E-state index contributed by atoms with van der Waals surface area (Å²) in [5, 5.41) is 6.10. The number of carbonyl (C=O) groups excluding carboxylic acids is 2. The molecule has 0 fully saturated rings. The van der Waals surface area contributed by atoms with E-state index in [9.17, 15) is 9.59 Å². The number of methoxy groups -OCH3 is 2. The minimum absolute atomic E-state index is 0.324. The molecule has 0 bridgehead atoms. The molecule has 6 heteroatoms. The fraction of sp³-hybridized carbons (Fsp3) is 0.833. The fourth-order valence-corrected chi connectivity index (χ4v) is 1.40. The minimum atomic E-state index is -0.744. The molecule has 0 aromatic heterocycles. The van der Waals surface area contributed by atoms with Crippen LogP contribution in [0.2, 0.25) is 0 Å². The highest BCUT2D eigenvalue weighted by Crippen LogP contribution is 2.05. The van der Waals surface area contributed by atoms with Crippen molar-refractivity contribution in [3.8, 4) is 0 Å². The van der Waals surface area contributed by atoms with Crippen LogP contribution in [0.5, 0.6) is 0 Å². The van der Waals surface area contributed by atoms with Gasteiger partial charge in [0.25, 0.3) is 0 Å². The molecule has 0 aliphatic carbocycles. The Labute approximate surface area is 108 Å². The smallest absolute Gasteiger partial charge is 0.325 e. The van der Waals surface area contributed by atoms with Crippen molar-refractivity contribution in [3.05, 3.63) is 0 Å². The van der Waals surface area contributed by atoms with Gasteiger partial charge in [-0.2, -0.15) is 0 Å². The molecule has 0 aromatic rings. The van der Waals surface area contributed by atoms with Crippen molar-refractivity contribution in [2.75, 3.05) is 27.3 Å². The molecular weight excluding hydrogens is 236 g/mol. The number of esters is 2. The molecule has 2 N–H and O–H groups in total. The third kappa shape index (κ3) is 5.01. The van der Waals surface area contributed by atoms with Gasteiger partial charge in [-0.1, -0.05) is 0 Å². The minimum Gasteiger partial charge on any atom is -0.468 e. The lowest BCUT2D eigenvalue weighted by atomic mass is 10.1. The van der Waals surface area contributed by atoms with Crippen LogP contribution < -0.4 is 10.6 Å². The lowest BCUT2D eigenvalue weighted by Crippen LogP contribution is -2.53. The number of hydrogen-bond donors (Lipinski definition) is 2. The van der Waals surface area contributed by atoms with Gasteiger partial charge in [0.1, 0.15) is 11.1 Å². The second-order valence-corrected chi connectivity index (χ2v) is 5.09. The van der Waals surface area contributed by atoms with Gasteiger partial charge in [-0.3, -0.25) is 9.59 Å². The second kappa shape index (κ2) is 6.70. The van der Waals surface area contributed by atoms with Gasteiger partial charge in [-0.25, -0.2) is 0 Å². The Morgan fingerprint density at radius 3 is 1.33 bits per heavy atom. The molecule has 0 aliphatic rings. The molecule has 0 rings (SSSR count). The molecule has 0 amide bonds. The molecule has 0 aliphatic heterocycles. The van der Waals surface area contributed by atoms with Gasteiger partial charge in [0.05, 0.1) is 14.2 Å². The maximum Gasteiger partial charge on any atom is 0.325 e. The first-order valence-electron chi connectivity index (χ1n) is 5.84. The van der Waals surface area contributed by atoms with Crippen LogP contribution in [0.15, 0.2) is 0 Å². The molecule has 0 radical (unpaired) electrons. The lowest BCUT2D eigenvalue weighted by Gasteiger charge is -2.26. The van der Waals surface area contributed by atoms with Crippen LogP contribution in [0, 0.1) is 0 Å². The molecule has 0 aromatic carbocycles. The van der Waals surface area contributed by atoms with E-state index in [-0.39, 0.29) is 11.9 Å². The van der Waals surface area contributed by atoms with Crippen LogP contribution in [0.1, 0.15) is 27.7 Å². The highest BCUT2D eigenvalue weighted by molar-refractivity contribution is 5.80. The number of ether oxygens (including phenoxy) is 2. The molecule has 0 unspecified atom stereocenters. The summed E-state index contributed by atoms with van der Waals surface area (Å²) in [6.07, 6.45) is 0. The summed E-state index contributed by atoms with van der Waals surface area (Å²) in [4.78, 5) is 22.8. The van der Waals surface area contributed by atoms with Gasteiger partial charge in [-0.05, 0) is 27.7 Å². The molecular formula is C12H24N2O4. The summed E-state index contributed by atoms with van der Waals surface area (Å²) in [5.41, 5.74) is -1.49. The molecule has 0 atom stereocenters. The second-order valence-electron chi connectivity index (χ2n) is 5.09. The average Bonchev–Trinajstić information content (AvgIpc) is 2.32. The topological polar surface area (TPSA) is 76.7 Å². The SMILES string of the molecule is COC(=O)C(C)(C)NCCNC(C)(C)C(=O)OC. The van der Waals surface area contributed by atoms with Gasteiger partial charge < -0.3 is 20.1 Å². The standard InChI is InChI=1S/C12H24N2O4/c1-11(2,9(15)17-5)13-7-8-14-12(3,4)10(16)18-6/h13-14H,7-8H2,1-6H3. The van der Waals surface area contributed by atoms with Crippen molar-refractivity contribution < 1.29 is 19.1 Å². The Morgan fingerprint density at radius 2 is 1.11 bits per heavy atom. The normalized spacial score (nSPS) is 12.1. The third-order valence-corrected chi connectivity index (χ3v) is 2.65. The van der Waals surface area contributed by atoms with Crippen molar-refractivity contribution in [1.82, 2.24) is 10.6 Å². The molecule has 0 saturated carbocycles. The maximum absolute atomic E-state index is 11.4. The number of nitrogens with one attached hydrogen (secondary N) is 2. The Morgan fingerprint density at radius 1 is 0.833 bits per heavy atom. The van der Waals surface area contributed by atoms with E-state index >= 15 is 0 Å². The fourth-order valence-electron chi connectivity index (χ4n) is 1.40. The van der Waals surface area contributed by atoms with Crippen LogP contribution in [0.3, 0.4) is 0 Å². The zero-order chi connectivity index (χ0) is 14.4. The van der Waals surface area contributed by atoms with E-state index in [0.29, 0.717) is 13.1 Å². The average molecular weight is 260 g/mol. The predicted octanol–water partition coefficient (Wildman–Crippen LogP) is 0.0688. The van der Waals surface area contributed by atoms with Gasteiger partial charge >= 0.3 is 11.9 Å². The summed E-state index contributed by atoms with van der Waals surface area (Å²) in [6.45, 7) is 8.02. The van der Waals surface area contributed by atoms with E-state index in [1.807, 2.05) is 0 Å². The van der Waals surface area contributed by atoms with E-state index in [1.54, 1.807) is 27.7 Å². The van der Waals surface area contributed by atoms with Crippen molar-refractivity contribution in [2.24, 2.45) is 0 Å². The Hall–Kier alpha value is -1.14. The zero-order valence-corrected chi connectivity index (χ0v) is 12.0. The van der Waals surface area contributed by atoms with Crippen LogP contribution in [0.25, 0.3) is 0 Å². The first kappa shape index (κ1) is 16.9. The van der Waals surface area contributed by atoms with E-state index in [0.717, 1.165) is 0 Å². The molecule has 18 heavy (non-hydrogen) atoms. The van der Waals surface area contributed by atoms with E-state index in [2.05, 4.69) is 20.1 Å². The molecule has 0 spiro atoms. The van der Waals surface area contributed by atoms with Gasteiger partial charge in [-0.15, -0.1) is 0 Å². The van der Waals surface area contributed by atoms with E-state index in [4.69, 9.17) is 0 Å². The quantitative estimate of drug-likeness (QED) is 0.498. The lowest BCUT2D eigenvalue weighted by molar-refractivity contribution is -0.148. The number of rotatable bonds is 7. The van der Waals surface area contributed by atoms with Gasteiger partial charge in [0.2, 0.25) is 0 Å². The van der Waals surface area contributed by atoms with Crippen LogP contribution in [-0.2, 0) is 19.1 Å². The first-order valence-corrected chi connectivity index (χ1v) is 5.84. The predicted molar refractivity (Wildman–Crippen MR) is 68.2 cm³/mol. The van der Waals surface area contributed by atoms with Crippen LogP contribution >= 0.6 is 0 Å². The Balaban J connectivity index is 4.08. The number of hydrogen-bond acceptors (Lipinski definition) is 6. The van der Waals surface area contributed by atoms with E-state index < -0.39 is 11.1 Å². The molecule has 6 nitrogen and oxygen atoms in total. The maximum atomic E-state index is 11.4. The van der Waals surface area contributed by atoms with Crippen molar-refractivity contribution in [1.29, 1.82) is 0 Å². The summed E-state index contributed by atoms with van der Waals surface area (Å²) < 4.78 is 9.35. The van der Waals surface area contributed by atoms with E-state index in [1.165, 1.54) is 14.2 Å². The van der Waals surface area contributed by atoms with Gasteiger partial charge in [0, 0.05) is 13.1 Å². The molecule has 106 valence electrons. The summed E-state index contributed by atoms with van der Waals surface area (Å²) >= 11 is 0. The van der Waals surface area contributed by atoms with Gasteiger partial charge in [0.15, 0.2) is 0 Å². The highest BCUT2D eigenvalue weighted by Gasteiger charge is 2.29. The Bertz CT molecular complexity index is 270. The molecule has 0 saturated heterocycles. The zero-order valence-electron chi connectivity index (χ0n) is 12.0. The van der Waals surface area contributed by atoms with Crippen molar-refractivity contribution in [3.63, 3.8) is 0 Å². The Kier molecular flexibility index (Phi) is 6.28. The van der Waals surface area contributed by atoms with Crippen molar-refractivity contribution in [2.45, 2.75) is 38.8 Å². The van der Waals surface area contributed by atoms with Crippen molar-refractivity contribution >= 4 is 11.9 Å². The largest absolute Gasteiger partial charge is 0.468 e. The highest BCUT2D eigenvalue weighted by atomic mass is 16.5. The summed E-state index contributed by atoms with van der Waals surface area (Å²) in [5.74, 6) is -0.649.